The van der Waals surface area contributed by atoms with Crippen LogP contribution in [0.1, 0.15) is 11.3 Å². The molecule has 0 spiro atoms. The van der Waals surface area contributed by atoms with Crippen LogP contribution in [0.3, 0.4) is 0 Å². The maximum atomic E-state index is 5.97. The van der Waals surface area contributed by atoms with Crippen molar-refractivity contribution in [2.45, 2.75) is 13.8 Å². The zero-order valence-electron chi connectivity index (χ0n) is 11.4. The van der Waals surface area contributed by atoms with Gasteiger partial charge in [-0.3, -0.25) is 0 Å². The highest BCUT2D eigenvalue weighted by Crippen LogP contribution is 2.31. The number of rotatable bonds is 2. The third-order valence-corrected chi connectivity index (χ3v) is 3.21. The smallest absolute Gasteiger partial charge is 0.246 e. The van der Waals surface area contributed by atoms with E-state index in [-0.39, 0.29) is 0 Å². The Labute approximate surface area is 117 Å². The molecule has 0 radical (unpaired) electrons. The van der Waals surface area contributed by atoms with Crippen LogP contribution >= 0.6 is 0 Å². The van der Waals surface area contributed by atoms with Gasteiger partial charge in [0, 0.05) is 10.8 Å². The van der Waals surface area contributed by atoms with Gasteiger partial charge < -0.3 is 10.5 Å². The molecule has 0 saturated heterocycles. The minimum absolute atomic E-state index is 0.474. The molecule has 0 amide bonds. The monoisotopic (exact) mass is 265 g/mol. The fourth-order valence-electron chi connectivity index (χ4n) is 2.15. The van der Waals surface area contributed by atoms with Gasteiger partial charge in [-0.1, -0.05) is 24.3 Å². The number of nitrogens with two attached hydrogens (primary N) is 1. The van der Waals surface area contributed by atoms with Crippen molar-refractivity contribution in [1.82, 2.24) is 10.2 Å². The number of nitrogens with zero attached hydrogens (tertiary/aromatic N) is 2. The van der Waals surface area contributed by atoms with Crippen LogP contribution in [0, 0.1) is 13.8 Å². The summed E-state index contributed by atoms with van der Waals surface area (Å²) < 4.78 is 5.83. The first-order valence-corrected chi connectivity index (χ1v) is 6.41. The fraction of sp³-hybridized carbons (Fsp3) is 0.125. The van der Waals surface area contributed by atoms with E-state index in [1.54, 1.807) is 0 Å². The molecule has 0 saturated carbocycles. The Balaban J connectivity index is 2.09. The van der Waals surface area contributed by atoms with E-state index in [1.165, 1.54) is 0 Å². The standard InChI is InChI=1S/C16H15N3O/c1-10-7-8-15(14(17)9-10)20-16-13-6-4-3-5-12(13)11(2)18-19-16/h3-9H,17H2,1-2H3. The van der Waals surface area contributed by atoms with Gasteiger partial charge >= 0.3 is 0 Å². The maximum Gasteiger partial charge on any atom is 0.246 e. The number of aromatic nitrogens is 2. The second kappa shape index (κ2) is 4.81. The topological polar surface area (TPSA) is 61.0 Å². The summed E-state index contributed by atoms with van der Waals surface area (Å²) in [6, 6.07) is 13.6. The van der Waals surface area contributed by atoms with Crippen molar-refractivity contribution in [2.75, 3.05) is 5.73 Å². The number of fused-ring (bicyclic) bond motifs is 1. The fourth-order valence-corrected chi connectivity index (χ4v) is 2.15. The lowest BCUT2D eigenvalue weighted by molar-refractivity contribution is 0.463. The molecule has 0 atom stereocenters. The summed E-state index contributed by atoms with van der Waals surface area (Å²) in [6.45, 7) is 3.92. The third kappa shape index (κ3) is 2.16. The lowest BCUT2D eigenvalue weighted by atomic mass is 10.1. The number of nitrogen functional groups attached to an aromatic ring is 1. The number of hydrogen-bond donors (Lipinski definition) is 1. The van der Waals surface area contributed by atoms with Gasteiger partial charge in [-0.15, -0.1) is 5.10 Å². The first-order valence-electron chi connectivity index (χ1n) is 6.41. The van der Waals surface area contributed by atoms with Crippen molar-refractivity contribution in [3.05, 3.63) is 53.7 Å². The summed E-state index contributed by atoms with van der Waals surface area (Å²) in [6.07, 6.45) is 0. The molecule has 3 aromatic rings. The Morgan fingerprint density at radius 1 is 0.950 bits per heavy atom. The predicted molar refractivity (Wildman–Crippen MR) is 79.9 cm³/mol. The van der Waals surface area contributed by atoms with E-state index in [1.807, 2.05) is 56.3 Å². The van der Waals surface area contributed by atoms with E-state index >= 15 is 0 Å². The number of anilines is 1. The SMILES string of the molecule is Cc1ccc(Oc2nnc(C)c3ccccc23)c(N)c1. The van der Waals surface area contributed by atoms with Gasteiger partial charge in [0.1, 0.15) is 0 Å². The number of hydrogen-bond acceptors (Lipinski definition) is 4. The van der Waals surface area contributed by atoms with Crippen LogP contribution in [0.25, 0.3) is 10.8 Å². The Bertz CT molecular complexity index is 784. The Hall–Kier alpha value is -2.62. The van der Waals surface area contributed by atoms with Crippen LogP contribution in [0.15, 0.2) is 42.5 Å². The van der Waals surface area contributed by atoms with Crippen LogP contribution in [-0.2, 0) is 0 Å². The van der Waals surface area contributed by atoms with Crippen LogP contribution < -0.4 is 10.5 Å². The molecule has 1 aromatic heterocycles. The molecule has 4 heteroatoms. The molecule has 2 aromatic carbocycles. The zero-order chi connectivity index (χ0) is 14.1. The summed E-state index contributed by atoms with van der Waals surface area (Å²) in [5.41, 5.74) is 8.54. The average molecular weight is 265 g/mol. The van der Waals surface area contributed by atoms with E-state index in [0.717, 1.165) is 22.0 Å². The molecular weight excluding hydrogens is 250 g/mol. The van der Waals surface area contributed by atoms with E-state index in [0.29, 0.717) is 17.3 Å². The molecule has 2 N–H and O–H groups in total. The van der Waals surface area contributed by atoms with Crippen LogP contribution in [0.2, 0.25) is 0 Å². The Morgan fingerprint density at radius 3 is 2.45 bits per heavy atom. The number of aryl methyl sites for hydroxylation is 2. The summed E-state index contributed by atoms with van der Waals surface area (Å²) in [4.78, 5) is 0. The van der Waals surface area contributed by atoms with Gasteiger partial charge in [-0.05, 0) is 37.6 Å². The van der Waals surface area contributed by atoms with Crippen molar-refractivity contribution in [3.63, 3.8) is 0 Å². The molecule has 0 fully saturated rings. The third-order valence-electron chi connectivity index (χ3n) is 3.21. The summed E-state index contributed by atoms with van der Waals surface area (Å²) in [5.74, 6) is 1.07. The molecular formula is C16H15N3O. The van der Waals surface area contributed by atoms with Gasteiger partial charge in [-0.2, -0.15) is 5.10 Å². The average Bonchev–Trinajstić information content (AvgIpc) is 2.45. The second-order valence-electron chi connectivity index (χ2n) is 4.78. The lowest BCUT2D eigenvalue weighted by Crippen LogP contribution is -1.97. The van der Waals surface area contributed by atoms with E-state index in [2.05, 4.69) is 10.2 Å². The van der Waals surface area contributed by atoms with Gasteiger partial charge in [0.25, 0.3) is 0 Å². The molecule has 4 nitrogen and oxygen atoms in total. The highest BCUT2D eigenvalue weighted by atomic mass is 16.5. The summed E-state index contributed by atoms with van der Waals surface area (Å²) >= 11 is 0. The molecule has 20 heavy (non-hydrogen) atoms. The maximum absolute atomic E-state index is 5.97. The first-order chi connectivity index (χ1) is 9.65. The largest absolute Gasteiger partial charge is 0.435 e. The van der Waals surface area contributed by atoms with Gasteiger partial charge in [0.05, 0.1) is 11.4 Å². The van der Waals surface area contributed by atoms with Crippen molar-refractivity contribution < 1.29 is 4.74 Å². The normalized spacial score (nSPS) is 10.7. The summed E-state index contributed by atoms with van der Waals surface area (Å²) in [5, 5.41) is 10.2. The highest BCUT2D eigenvalue weighted by molar-refractivity contribution is 5.88. The minimum Gasteiger partial charge on any atom is -0.435 e. The number of ether oxygens (including phenoxy) is 1. The van der Waals surface area contributed by atoms with Gasteiger partial charge in [0.2, 0.25) is 5.88 Å². The molecule has 3 rings (SSSR count). The first kappa shape index (κ1) is 12.4. The lowest BCUT2D eigenvalue weighted by Gasteiger charge is -2.10. The Kier molecular flexibility index (Phi) is 2.99. The van der Waals surface area contributed by atoms with Crippen LogP contribution in [-0.4, -0.2) is 10.2 Å². The molecule has 0 bridgehead atoms. The molecule has 0 aliphatic heterocycles. The predicted octanol–water partition coefficient (Wildman–Crippen LogP) is 3.62. The van der Waals surface area contributed by atoms with Crippen LogP contribution in [0.5, 0.6) is 11.6 Å². The second-order valence-corrected chi connectivity index (χ2v) is 4.78. The minimum atomic E-state index is 0.474. The van der Waals surface area contributed by atoms with E-state index in [9.17, 15) is 0 Å². The van der Waals surface area contributed by atoms with Gasteiger partial charge in [0.15, 0.2) is 5.75 Å². The molecule has 1 heterocycles. The number of benzene rings is 2. The molecule has 100 valence electrons. The summed E-state index contributed by atoms with van der Waals surface area (Å²) in [7, 11) is 0. The molecule has 0 aliphatic carbocycles. The van der Waals surface area contributed by atoms with Crippen molar-refractivity contribution in [1.29, 1.82) is 0 Å². The van der Waals surface area contributed by atoms with E-state index < -0.39 is 0 Å². The zero-order valence-corrected chi connectivity index (χ0v) is 11.4. The van der Waals surface area contributed by atoms with E-state index in [4.69, 9.17) is 10.5 Å². The van der Waals surface area contributed by atoms with Crippen molar-refractivity contribution in [3.8, 4) is 11.6 Å². The van der Waals surface area contributed by atoms with Crippen molar-refractivity contribution in [2.24, 2.45) is 0 Å². The highest BCUT2D eigenvalue weighted by Gasteiger charge is 2.10. The van der Waals surface area contributed by atoms with Crippen LogP contribution in [0.4, 0.5) is 5.69 Å². The quantitative estimate of drug-likeness (QED) is 0.719. The van der Waals surface area contributed by atoms with Gasteiger partial charge in [-0.25, -0.2) is 0 Å². The molecule has 0 unspecified atom stereocenters. The molecule has 0 aliphatic rings. The van der Waals surface area contributed by atoms with Crippen molar-refractivity contribution >= 4 is 16.5 Å². The Morgan fingerprint density at radius 2 is 1.70 bits per heavy atom.